The number of ether oxygens (including phenoxy) is 3. The summed E-state index contributed by atoms with van der Waals surface area (Å²) in [7, 11) is 0. The summed E-state index contributed by atoms with van der Waals surface area (Å²) in [5, 5.41) is 46.8. The zero-order valence-electron chi connectivity index (χ0n) is 33.8. The van der Waals surface area contributed by atoms with Crippen LogP contribution < -0.4 is 9.47 Å². The molecule has 0 saturated heterocycles. The van der Waals surface area contributed by atoms with Gasteiger partial charge in [-0.25, -0.2) is 9.18 Å². The summed E-state index contributed by atoms with van der Waals surface area (Å²) in [5.41, 5.74) is 1.83. The smallest absolute Gasteiger partial charge is 0.416 e. The van der Waals surface area contributed by atoms with Crippen LogP contribution in [0.4, 0.5) is 14.9 Å². The number of non-ortho nitro benzene ring substituents is 1. The third-order valence-corrected chi connectivity index (χ3v) is 11.2. The first kappa shape index (κ1) is 43.3. The van der Waals surface area contributed by atoms with Gasteiger partial charge in [-0.05, 0) is 112 Å². The molecule has 0 spiro atoms. The number of hydrogen-bond acceptors (Lipinski definition) is 11. The number of hydrogen-bond donors (Lipinski definition) is 3. The maximum atomic E-state index is 14.8. The Bertz CT molecular complexity index is 2020. The fraction of sp³-hybridized carbons (Fsp3) is 0.467. The summed E-state index contributed by atoms with van der Waals surface area (Å²) >= 11 is 0. The number of halogens is 1. The number of oxime groups is 1. The largest absolute Gasteiger partial charge is 0.508 e. The second-order valence-electron chi connectivity index (χ2n) is 16.4. The van der Waals surface area contributed by atoms with Gasteiger partial charge < -0.3 is 34.4 Å². The lowest BCUT2D eigenvalue weighted by atomic mass is 9.55. The Morgan fingerprint density at radius 1 is 1.05 bits per heavy atom. The first-order chi connectivity index (χ1) is 28.3. The Kier molecular flexibility index (Phi) is 13.7. The maximum absolute atomic E-state index is 14.8. The summed E-state index contributed by atoms with van der Waals surface area (Å²) in [5.74, 6) is -2.61. The SMILES string of the molecule is C=CCO[C@@]12Oc3ccc(O)cc3[C@H]3[C@H](CCCCO)[C@@H](CCCCO)C=C(C(=NOC(C)(C)C)C[C@@H]1N(Cc1ccc(F)cc1)C(=O)Oc1ccc([N+](=O)[O-])cc1)[C@H]32. The Morgan fingerprint density at radius 3 is 2.39 bits per heavy atom. The summed E-state index contributed by atoms with van der Waals surface area (Å²) < 4.78 is 34.3. The molecule has 13 nitrogen and oxygen atoms in total. The highest BCUT2D eigenvalue weighted by Crippen LogP contribution is 2.62. The van der Waals surface area contributed by atoms with Gasteiger partial charge in [0.15, 0.2) is 0 Å². The number of amides is 1. The molecule has 316 valence electrons. The summed E-state index contributed by atoms with van der Waals surface area (Å²) in [6.45, 7) is 9.61. The van der Waals surface area contributed by atoms with Crippen LogP contribution in [0.3, 0.4) is 0 Å². The lowest BCUT2D eigenvalue weighted by Crippen LogP contribution is -2.70. The highest BCUT2D eigenvalue weighted by Gasteiger charge is 2.65. The van der Waals surface area contributed by atoms with Gasteiger partial charge in [0.05, 0.1) is 23.2 Å². The van der Waals surface area contributed by atoms with E-state index in [1.165, 1.54) is 41.3 Å². The lowest BCUT2D eigenvalue weighted by molar-refractivity contribution is -0.384. The number of aliphatic hydroxyl groups excluding tert-OH is 2. The molecule has 0 bridgehead atoms. The predicted molar refractivity (Wildman–Crippen MR) is 219 cm³/mol. The third-order valence-electron chi connectivity index (χ3n) is 11.2. The number of nitro groups is 1. The molecule has 0 unspecified atom stereocenters. The number of rotatable bonds is 17. The topological polar surface area (TPSA) is 173 Å². The van der Waals surface area contributed by atoms with E-state index in [0.29, 0.717) is 36.3 Å². The molecule has 3 N–H and O–H groups in total. The predicted octanol–water partition coefficient (Wildman–Crippen LogP) is 8.57. The molecule has 6 rings (SSSR count). The van der Waals surface area contributed by atoms with Gasteiger partial charge >= 0.3 is 6.09 Å². The fourth-order valence-corrected chi connectivity index (χ4v) is 8.73. The van der Waals surface area contributed by atoms with E-state index in [2.05, 4.69) is 12.7 Å². The van der Waals surface area contributed by atoms with Crippen molar-refractivity contribution in [1.29, 1.82) is 0 Å². The molecule has 6 atom stereocenters. The number of aliphatic hydroxyl groups is 2. The van der Waals surface area contributed by atoms with Crippen LogP contribution >= 0.6 is 0 Å². The van der Waals surface area contributed by atoms with Crippen molar-refractivity contribution in [2.75, 3.05) is 19.8 Å². The number of fused-ring (bicyclic) bond motifs is 2. The standard InChI is InChI=1S/C45H54FN3O10/c1-5-24-56-45-40(48(28-29-12-14-31(46)15-13-29)43(53)57-34-19-16-32(17-20-34)49(54)55)27-38(47-59-44(2,3)4)36-25-30(10-6-8-22-50)35(11-7-9-23-51)41(42(36)45)37-26-33(52)18-21-39(37)58-45/h5,12-21,25-26,30,35,40-42,50-52H,1,6-11,22-24,27-28H2,2-4H3/t30-,35+,40-,41+,42+,45+/m0/s1. The first-order valence-corrected chi connectivity index (χ1v) is 20.2. The second kappa shape index (κ2) is 18.7. The minimum absolute atomic E-state index is 0.0132. The number of phenols is 1. The van der Waals surface area contributed by atoms with Crippen molar-refractivity contribution in [3.05, 3.63) is 118 Å². The Balaban J connectivity index is 1.60. The lowest BCUT2D eigenvalue weighted by Gasteiger charge is -2.59. The van der Waals surface area contributed by atoms with Gasteiger partial charge in [-0.15, -0.1) is 6.58 Å². The van der Waals surface area contributed by atoms with Crippen LogP contribution in [0.1, 0.15) is 82.8 Å². The minimum Gasteiger partial charge on any atom is -0.508 e. The summed E-state index contributed by atoms with van der Waals surface area (Å²) in [6.07, 6.45) is 7.19. The van der Waals surface area contributed by atoms with Crippen molar-refractivity contribution in [2.45, 2.75) is 95.6 Å². The average molecular weight is 816 g/mol. The fourth-order valence-electron chi connectivity index (χ4n) is 8.73. The van der Waals surface area contributed by atoms with Crippen LogP contribution in [0.5, 0.6) is 17.2 Å². The molecule has 1 saturated carbocycles. The first-order valence-electron chi connectivity index (χ1n) is 20.2. The van der Waals surface area contributed by atoms with Gasteiger partial charge in [-0.2, -0.15) is 0 Å². The molecule has 0 aromatic heterocycles. The molecular formula is C45H54FN3O10. The minimum atomic E-state index is -1.63. The number of benzene rings is 3. The number of carbonyl (C=O) groups excluding carboxylic acids is 1. The second-order valence-corrected chi connectivity index (χ2v) is 16.4. The van der Waals surface area contributed by atoms with E-state index in [4.69, 9.17) is 24.2 Å². The molecule has 0 radical (unpaired) electrons. The number of carbonyl (C=O) groups is 1. The van der Waals surface area contributed by atoms with Crippen molar-refractivity contribution in [1.82, 2.24) is 4.90 Å². The number of aromatic hydroxyl groups is 1. The van der Waals surface area contributed by atoms with Gasteiger partial charge in [-0.1, -0.05) is 42.3 Å². The van der Waals surface area contributed by atoms with Gasteiger partial charge in [0, 0.05) is 49.8 Å². The van der Waals surface area contributed by atoms with Crippen LogP contribution in [0.25, 0.3) is 0 Å². The number of nitro benzene ring substituents is 1. The monoisotopic (exact) mass is 815 g/mol. The number of allylic oxidation sites excluding steroid dienone is 1. The number of phenolic OH excluding ortho intramolecular Hbond substituents is 1. The van der Waals surface area contributed by atoms with Crippen LogP contribution in [0.15, 0.2) is 96.2 Å². The summed E-state index contributed by atoms with van der Waals surface area (Å²) in [4.78, 5) is 33.3. The van der Waals surface area contributed by atoms with E-state index in [9.17, 15) is 34.6 Å². The molecule has 3 aromatic rings. The van der Waals surface area contributed by atoms with Crippen LogP contribution in [-0.4, -0.2) is 74.2 Å². The van der Waals surface area contributed by atoms with Gasteiger partial charge in [0.1, 0.15) is 34.7 Å². The van der Waals surface area contributed by atoms with E-state index in [1.807, 2.05) is 20.8 Å². The Morgan fingerprint density at radius 2 is 1.75 bits per heavy atom. The third kappa shape index (κ3) is 9.77. The number of unbranched alkanes of at least 4 members (excludes halogenated alkanes) is 2. The normalized spacial score (nSPS) is 23.9. The van der Waals surface area contributed by atoms with E-state index >= 15 is 0 Å². The number of nitrogens with zero attached hydrogens (tertiary/aromatic N) is 3. The highest BCUT2D eigenvalue weighted by molar-refractivity contribution is 6.03. The van der Waals surface area contributed by atoms with E-state index < -0.39 is 40.2 Å². The van der Waals surface area contributed by atoms with Crippen LogP contribution in [0.2, 0.25) is 0 Å². The molecule has 3 aliphatic rings. The van der Waals surface area contributed by atoms with Gasteiger partial charge in [-0.3, -0.25) is 15.0 Å². The van der Waals surface area contributed by atoms with Crippen molar-refractivity contribution >= 4 is 17.5 Å². The zero-order valence-corrected chi connectivity index (χ0v) is 33.8. The molecule has 1 fully saturated rings. The van der Waals surface area contributed by atoms with Crippen LogP contribution in [0, 0.1) is 33.7 Å². The average Bonchev–Trinajstić information content (AvgIpc) is 3.20. The Hall–Kier alpha value is -5.31. The van der Waals surface area contributed by atoms with Crippen molar-refractivity contribution < 1.29 is 48.5 Å². The van der Waals surface area contributed by atoms with Crippen molar-refractivity contribution in [3.63, 3.8) is 0 Å². The van der Waals surface area contributed by atoms with Crippen molar-refractivity contribution in [3.8, 4) is 17.2 Å². The van der Waals surface area contributed by atoms with E-state index in [-0.39, 0.29) is 67.7 Å². The summed E-state index contributed by atoms with van der Waals surface area (Å²) in [6, 6.07) is 14.9. The van der Waals surface area contributed by atoms with E-state index in [1.54, 1.807) is 36.4 Å². The molecule has 3 aromatic carbocycles. The van der Waals surface area contributed by atoms with E-state index in [0.717, 1.165) is 30.4 Å². The van der Waals surface area contributed by atoms with Gasteiger partial charge in [0.25, 0.3) is 5.69 Å². The maximum Gasteiger partial charge on any atom is 0.416 e. The molecule has 2 aliphatic carbocycles. The molecule has 1 aliphatic heterocycles. The molecule has 14 heteroatoms. The van der Waals surface area contributed by atoms with Gasteiger partial charge in [0.2, 0.25) is 5.79 Å². The molecule has 59 heavy (non-hydrogen) atoms. The molecule has 1 amide bonds. The quantitative estimate of drug-likeness (QED) is 0.0519. The van der Waals surface area contributed by atoms with Crippen LogP contribution in [-0.2, 0) is 16.1 Å². The zero-order chi connectivity index (χ0) is 42.3. The Labute approximate surface area is 343 Å². The van der Waals surface area contributed by atoms with Crippen molar-refractivity contribution in [2.24, 2.45) is 22.9 Å². The molecule has 1 heterocycles. The highest BCUT2D eigenvalue weighted by atomic mass is 19.1. The molecular weight excluding hydrogens is 762 g/mol.